The van der Waals surface area contributed by atoms with E-state index < -0.39 is 0 Å². The maximum atomic E-state index is 5.24. The Balaban J connectivity index is 2.42. The molecule has 0 radical (unpaired) electrons. The van der Waals surface area contributed by atoms with Crippen LogP contribution in [0.4, 0.5) is 0 Å². The molecule has 1 aliphatic carbocycles. The van der Waals surface area contributed by atoms with Gasteiger partial charge in [0.05, 0.1) is 13.2 Å². The molecular weight excluding hydrogens is 270 g/mol. The third-order valence-electron chi connectivity index (χ3n) is 3.39. The minimum Gasteiger partial charge on any atom is -0.383 e. The van der Waals surface area contributed by atoms with Crippen molar-refractivity contribution in [3.05, 3.63) is 0 Å². The van der Waals surface area contributed by atoms with Gasteiger partial charge in [-0.1, -0.05) is 15.9 Å². The van der Waals surface area contributed by atoms with E-state index in [0.29, 0.717) is 11.5 Å². The molecule has 0 saturated heterocycles. The Morgan fingerprint density at radius 2 is 2.00 bits per heavy atom. The molecule has 96 valence electrons. The average Bonchev–Trinajstić information content (AvgIpc) is 3.05. The molecule has 1 aliphatic rings. The maximum absolute atomic E-state index is 5.24. The number of halogens is 1. The van der Waals surface area contributed by atoms with Crippen LogP contribution in [0.5, 0.6) is 0 Å². The molecule has 1 saturated carbocycles. The monoisotopic (exact) mass is 293 g/mol. The van der Waals surface area contributed by atoms with Gasteiger partial charge < -0.3 is 9.47 Å². The molecule has 16 heavy (non-hydrogen) atoms. The first-order valence-electron chi connectivity index (χ1n) is 5.95. The molecule has 0 aromatic heterocycles. The van der Waals surface area contributed by atoms with Gasteiger partial charge in [-0.25, -0.2) is 0 Å². The van der Waals surface area contributed by atoms with E-state index >= 15 is 0 Å². The molecule has 0 bridgehead atoms. The SMILES string of the molecule is COCCN(CC1(CBr)CC1)C(C)COC. The fraction of sp³-hybridized carbons (Fsp3) is 1.00. The van der Waals surface area contributed by atoms with Gasteiger partial charge in [0.25, 0.3) is 0 Å². The van der Waals surface area contributed by atoms with Gasteiger partial charge in [0.15, 0.2) is 0 Å². The van der Waals surface area contributed by atoms with Crippen molar-refractivity contribution in [2.45, 2.75) is 25.8 Å². The van der Waals surface area contributed by atoms with Gasteiger partial charge in [-0.05, 0) is 25.2 Å². The zero-order valence-corrected chi connectivity index (χ0v) is 12.3. The maximum Gasteiger partial charge on any atom is 0.0615 e. The van der Waals surface area contributed by atoms with Crippen molar-refractivity contribution in [2.75, 3.05) is 45.9 Å². The second-order valence-corrected chi connectivity index (χ2v) is 5.46. The molecule has 0 aliphatic heterocycles. The first-order chi connectivity index (χ1) is 7.67. The topological polar surface area (TPSA) is 21.7 Å². The predicted octanol–water partition coefficient (Wildman–Crippen LogP) is 2.14. The van der Waals surface area contributed by atoms with Crippen molar-refractivity contribution < 1.29 is 9.47 Å². The van der Waals surface area contributed by atoms with E-state index in [-0.39, 0.29) is 0 Å². The second kappa shape index (κ2) is 6.94. The molecule has 1 atom stereocenters. The third kappa shape index (κ3) is 4.32. The highest BCUT2D eigenvalue weighted by molar-refractivity contribution is 9.09. The van der Waals surface area contributed by atoms with Crippen molar-refractivity contribution in [3.8, 4) is 0 Å². The summed E-state index contributed by atoms with van der Waals surface area (Å²) in [6.45, 7) is 5.97. The molecule has 0 aromatic rings. The van der Waals surface area contributed by atoms with E-state index in [1.807, 2.05) is 0 Å². The molecule has 1 rings (SSSR count). The summed E-state index contributed by atoms with van der Waals surface area (Å²) in [6, 6.07) is 0.469. The summed E-state index contributed by atoms with van der Waals surface area (Å²) >= 11 is 3.63. The molecular formula is C12H24BrNO2. The van der Waals surface area contributed by atoms with E-state index in [4.69, 9.17) is 9.47 Å². The zero-order chi connectivity index (χ0) is 12.0. The Morgan fingerprint density at radius 3 is 2.44 bits per heavy atom. The molecule has 0 aromatic carbocycles. The van der Waals surface area contributed by atoms with E-state index in [0.717, 1.165) is 31.6 Å². The number of hydrogen-bond donors (Lipinski definition) is 0. The molecule has 1 unspecified atom stereocenters. The molecule has 3 nitrogen and oxygen atoms in total. The normalized spacial score (nSPS) is 20.1. The van der Waals surface area contributed by atoms with Crippen LogP contribution in [0.3, 0.4) is 0 Å². The van der Waals surface area contributed by atoms with Crippen LogP contribution in [-0.4, -0.2) is 56.8 Å². The van der Waals surface area contributed by atoms with Crippen molar-refractivity contribution in [3.63, 3.8) is 0 Å². The number of hydrogen-bond acceptors (Lipinski definition) is 3. The van der Waals surface area contributed by atoms with E-state index in [2.05, 4.69) is 27.8 Å². The summed E-state index contributed by atoms with van der Waals surface area (Å²) in [5, 5.41) is 1.11. The lowest BCUT2D eigenvalue weighted by Crippen LogP contribution is -2.42. The van der Waals surface area contributed by atoms with Crippen molar-refractivity contribution in [1.29, 1.82) is 0 Å². The standard InChI is InChI=1S/C12H24BrNO2/c1-11(8-16-3)14(6-7-15-2)10-12(9-13)4-5-12/h11H,4-10H2,1-3H3. The van der Waals surface area contributed by atoms with Crippen LogP contribution < -0.4 is 0 Å². The summed E-state index contributed by atoms with van der Waals surface area (Å²) < 4.78 is 10.4. The largest absolute Gasteiger partial charge is 0.383 e. The highest BCUT2D eigenvalue weighted by atomic mass is 79.9. The highest BCUT2D eigenvalue weighted by Gasteiger charge is 2.43. The molecule has 0 heterocycles. The third-order valence-corrected chi connectivity index (χ3v) is 4.58. The quantitative estimate of drug-likeness (QED) is 0.608. The first-order valence-corrected chi connectivity index (χ1v) is 7.07. The highest BCUT2D eigenvalue weighted by Crippen LogP contribution is 2.47. The number of ether oxygens (including phenoxy) is 2. The summed E-state index contributed by atoms with van der Waals surface area (Å²) in [5.74, 6) is 0. The lowest BCUT2D eigenvalue weighted by molar-refractivity contribution is 0.0644. The number of rotatable bonds is 9. The number of alkyl halides is 1. The van der Waals surface area contributed by atoms with Crippen LogP contribution in [0.2, 0.25) is 0 Å². The van der Waals surface area contributed by atoms with Crippen LogP contribution >= 0.6 is 15.9 Å². The zero-order valence-electron chi connectivity index (χ0n) is 10.7. The fourth-order valence-electron chi connectivity index (χ4n) is 1.95. The summed E-state index contributed by atoms with van der Waals surface area (Å²) in [6.07, 6.45) is 2.70. The van der Waals surface area contributed by atoms with Gasteiger partial charge in [-0.15, -0.1) is 0 Å². The summed E-state index contributed by atoms with van der Waals surface area (Å²) in [4.78, 5) is 2.49. The minimum atomic E-state index is 0.469. The molecule has 4 heteroatoms. The van der Waals surface area contributed by atoms with Crippen LogP contribution in [0.15, 0.2) is 0 Å². The van der Waals surface area contributed by atoms with Crippen LogP contribution in [-0.2, 0) is 9.47 Å². The van der Waals surface area contributed by atoms with Crippen LogP contribution in [0.25, 0.3) is 0 Å². The average molecular weight is 294 g/mol. The predicted molar refractivity (Wildman–Crippen MR) is 70.2 cm³/mol. The molecule has 0 spiro atoms. The molecule has 0 N–H and O–H groups in total. The fourth-order valence-corrected chi connectivity index (χ4v) is 2.69. The summed E-state index contributed by atoms with van der Waals surface area (Å²) in [7, 11) is 3.53. The van der Waals surface area contributed by atoms with Gasteiger partial charge >= 0.3 is 0 Å². The Hall–Kier alpha value is 0.360. The molecule has 1 fully saturated rings. The van der Waals surface area contributed by atoms with Gasteiger partial charge in [-0.3, -0.25) is 4.90 Å². The lowest BCUT2D eigenvalue weighted by Gasteiger charge is -2.31. The van der Waals surface area contributed by atoms with E-state index in [1.165, 1.54) is 12.8 Å². The van der Waals surface area contributed by atoms with Crippen molar-refractivity contribution in [2.24, 2.45) is 5.41 Å². The van der Waals surface area contributed by atoms with Gasteiger partial charge in [0, 0.05) is 38.7 Å². The smallest absolute Gasteiger partial charge is 0.0615 e. The first kappa shape index (κ1) is 14.4. The van der Waals surface area contributed by atoms with Crippen molar-refractivity contribution in [1.82, 2.24) is 4.90 Å². The Morgan fingerprint density at radius 1 is 1.31 bits per heavy atom. The number of methoxy groups -OCH3 is 2. The second-order valence-electron chi connectivity index (χ2n) is 4.90. The van der Waals surface area contributed by atoms with E-state index in [9.17, 15) is 0 Å². The van der Waals surface area contributed by atoms with Crippen LogP contribution in [0, 0.1) is 5.41 Å². The molecule has 0 amide bonds. The minimum absolute atomic E-state index is 0.469. The summed E-state index contributed by atoms with van der Waals surface area (Å²) in [5.41, 5.74) is 0.524. The Bertz CT molecular complexity index is 197. The van der Waals surface area contributed by atoms with Gasteiger partial charge in [0.1, 0.15) is 0 Å². The van der Waals surface area contributed by atoms with Gasteiger partial charge in [0.2, 0.25) is 0 Å². The van der Waals surface area contributed by atoms with Gasteiger partial charge in [-0.2, -0.15) is 0 Å². The van der Waals surface area contributed by atoms with Crippen molar-refractivity contribution >= 4 is 15.9 Å². The Labute approximate surface area is 108 Å². The van der Waals surface area contributed by atoms with Crippen LogP contribution in [0.1, 0.15) is 19.8 Å². The lowest BCUT2D eigenvalue weighted by atomic mass is 10.1. The Kier molecular flexibility index (Phi) is 6.26. The van der Waals surface area contributed by atoms with E-state index in [1.54, 1.807) is 14.2 Å². The number of nitrogens with zero attached hydrogens (tertiary/aromatic N) is 1.